The Morgan fingerprint density at radius 3 is 2.72 bits per heavy atom. The predicted molar refractivity (Wildman–Crippen MR) is 111 cm³/mol. The molecule has 0 saturated carbocycles. The molecule has 2 aliphatic heterocycles. The van der Waals surface area contributed by atoms with Crippen LogP contribution in [0.15, 0.2) is 53.6 Å². The quantitative estimate of drug-likeness (QED) is 0.522. The molecule has 11 heteroatoms. The van der Waals surface area contributed by atoms with Crippen LogP contribution in [-0.2, 0) is 17.8 Å². The first-order chi connectivity index (χ1) is 15.5. The first-order valence-electron chi connectivity index (χ1n) is 10.5. The van der Waals surface area contributed by atoms with E-state index in [1.165, 1.54) is 17.1 Å². The number of piperidine rings is 1. The standard InChI is InChI=1S/C21H23N7O4/c29-20(19(27-13-22-23-24-27)9-14-4-2-1-3-5-14)25-10-15-8-16(12-25)17-6-7-18(28(31)32)21(30)26(17)11-15/h1-7,13,15-16,19,28,31H,8-12H2. The highest BCUT2D eigenvalue weighted by molar-refractivity contribution is 5.81. The SMILES string of the molecule is O=C(C(Cc1ccccc1)n1cnnn1)N1CC2CC(C1)c1ccc([NH+]([O-])O)c(=O)n1C2. The number of carbonyl (C=O) groups is 1. The number of tetrazole rings is 1. The molecule has 1 aromatic carbocycles. The predicted octanol–water partition coefficient (Wildman–Crippen LogP) is -0.332. The topological polar surface area (TPSA) is 134 Å². The fourth-order valence-electron chi connectivity index (χ4n) is 4.94. The molecule has 32 heavy (non-hydrogen) atoms. The molecule has 4 atom stereocenters. The first-order valence-corrected chi connectivity index (χ1v) is 10.5. The van der Waals surface area contributed by atoms with Gasteiger partial charge >= 0.3 is 5.56 Å². The van der Waals surface area contributed by atoms with E-state index < -0.39 is 16.8 Å². The summed E-state index contributed by atoms with van der Waals surface area (Å²) in [6.45, 7) is 1.38. The maximum atomic E-state index is 13.6. The molecule has 2 aromatic heterocycles. The average Bonchev–Trinajstić information content (AvgIpc) is 3.33. The van der Waals surface area contributed by atoms with Gasteiger partial charge in [-0.05, 0) is 34.4 Å². The van der Waals surface area contributed by atoms with Gasteiger partial charge < -0.3 is 14.7 Å². The molecule has 1 amide bonds. The normalized spacial score (nSPS) is 21.6. The van der Waals surface area contributed by atoms with Gasteiger partial charge in [0.25, 0.3) is 0 Å². The maximum Gasteiger partial charge on any atom is 0.315 e. The third-order valence-corrected chi connectivity index (χ3v) is 6.39. The first kappa shape index (κ1) is 20.5. The molecule has 5 rings (SSSR count). The van der Waals surface area contributed by atoms with Crippen LogP contribution in [0.3, 0.4) is 0 Å². The third-order valence-electron chi connectivity index (χ3n) is 6.39. The van der Waals surface area contributed by atoms with Crippen LogP contribution >= 0.6 is 0 Å². The van der Waals surface area contributed by atoms with Gasteiger partial charge in [-0.15, -0.1) is 5.10 Å². The molecule has 166 valence electrons. The number of likely N-dealkylation sites (tertiary alicyclic amines) is 1. The summed E-state index contributed by atoms with van der Waals surface area (Å²) in [6, 6.07) is 12.3. The van der Waals surface area contributed by atoms with Gasteiger partial charge in [-0.1, -0.05) is 30.3 Å². The smallest absolute Gasteiger partial charge is 0.315 e. The number of nitrogens with one attached hydrogen (secondary N) is 1. The van der Waals surface area contributed by atoms with E-state index in [-0.39, 0.29) is 23.4 Å². The molecule has 2 bridgehead atoms. The Morgan fingerprint density at radius 1 is 1.19 bits per heavy atom. The number of quaternary nitrogens is 1. The number of amides is 1. The lowest BCUT2D eigenvalue weighted by Crippen LogP contribution is -3.00. The van der Waals surface area contributed by atoms with E-state index in [1.807, 2.05) is 35.2 Å². The van der Waals surface area contributed by atoms with Gasteiger partial charge in [0.1, 0.15) is 12.4 Å². The molecule has 2 N–H and O–H groups in total. The van der Waals surface area contributed by atoms with E-state index in [9.17, 15) is 20.0 Å². The van der Waals surface area contributed by atoms with E-state index in [1.54, 1.807) is 10.6 Å². The van der Waals surface area contributed by atoms with E-state index in [0.29, 0.717) is 26.1 Å². The number of pyridine rings is 1. The van der Waals surface area contributed by atoms with Crippen molar-refractivity contribution in [3.05, 3.63) is 75.6 Å². The molecule has 2 aliphatic rings. The summed E-state index contributed by atoms with van der Waals surface area (Å²) < 4.78 is 3.07. The summed E-state index contributed by atoms with van der Waals surface area (Å²) in [7, 11) is 0. The lowest BCUT2D eigenvalue weighted by Gasteiger charge is -2.43. The lowest BCUT2D eigenvalue weighted by molar-refractivity contribution is -0.992. The summed E-state index contributed by atoms with van der Waals surface area (Å²) in [6.07, 6.45) is 2.79. The zero-order valence-electron chi connectivity index (χ0n) is 17.2. The largest absolute Gasteiger partial charge is 0.595 e. The Balaban J connectivity index is 1.42. The highest BCUT2D eigenvalue weighted by Gasteiger charge is 2.39. The van der Waals surface area contributed by atoms with Crippen molar-refractivity contribution in [3.63, 3.8) is 0 Å². The molecular formula is C21H23N7O4. The van der Waals surface area contributed by atoms with Crippen molar-refractivity contribution in [3.8, 4) is 0 Å². The molecule has 0 spiro atoms. The molecule has 3 aromatic rings. The number of benzene rings is 1. The van der Waals surface area contributed by atoms with E-state index in [0.717, 1.165) is 17.7 Å². The van der Waals surface area contributed by atoms with Crippen LogP contribution in [0.5, 0.6) is 0 Å². The summed E-state index contributed by atoms with van der Waals surface area (Å²) >= 11 is 0. The number of fused-ring (bicyclic) bond motifs is 4. The second kappa shape index (κ2) is 8.26. The van der Waals surface area contributed by atoms with Gasteiger partial charge in [0.15, 0.2) is 0 Å². The Bertz CT molecular complexity index is 1160. The van der Waals surface area contributed by atoms with Crippen LogP contribution in [0.25, 0.3) is 0 Å². The van der Waals surface area contributed by atoms with Crippen LogP contribution in [0, 0.1) is 11.1 Å². The molecule has 4 unspecified atom stereocenters. The molecule has 0 aliphatic carbocycles. The van der Waals surface area contributed by atoms with Gasteiger partial charge in [0.2, 0.25) is 11.6 Å². The Hall–Kier alpha value is -3.41. The second-order valence-corrected chi connectivity index (χ2v) is 8.43. The van der Waals surface area contributed by atoms with Gasteiger partial charge in [0, 0.05) is 43.7 Å². The number of aromatic nitrogens is 5. The minimum absolute atomic E-state index is 0.0201. The van der Waals surface area contributed by atoms with Crippen molar-refractivity contribution in [2.75, 3.05) is 13.1 Å². The van der Waals surface area contributed by atoms with Crippen LogP contribution in [0.1, 0.15) is 29.6 Å². The number of rotatable bonds is 5. The molecule has 0 radical (unpaired) electrons. The van der Waals surface area contributed by atoms with Crippen LogP contribution in [-0.4, -0.2) is 53.9 Å². The fourth-order valence-corrected chi connectivity index (χ4v) is 4.94. The number of hydrogen-bond acceptors (Lipinski definition) is 7. The van der Waals surface area contributed by atoms with Gasteiger partial charge in [-0.3, -0.25) is 9.59 Å². The summed E-state index contributed by atoms with van der Waals surface area (Å²) in [5.74, 6) is 0.000222. The molecular weight excluding hydrogens is 414 g/mol. The lowest BCUT2D eigenvalue weighted by atomic mass is 9.82. The fraction of sp³-hybridized carbons (Fsp3) is 0.381. The number of carbonyl (C=O) groups excluding carboxylic acids is 1. The minimum Gasteiger partial charge on any atom is -0.595 e. The van der Waals surface area contributed by atoms with E-state index >= 15 is 0 Å². The Labute approximate surface area is 183 Å². The Kier molecular flexibility index (Phi) is 5.29. The summed E-state index contributed by atoms with van der Waals surface area (Å²) in [5.41, 5.74) is 1.11. The molecule has 4 heterocycles. The maximum absolute atomic E-state index is 13.6. The molecule has 1 fully saturated rings. The van der Waals surface area contributed by atoms with Crippen molar-refractivity contribution in [1.29, 1.82) is 0 Å². The molecule has 1 saturated heterocycles. The zero-order chi connectivity index (χ0) is 22.2. The second-order valence-electron chi connectivity index (χ2n) is 8.43. The van der Waals surface area contributed by atoms with Gasteiger partial charge in [-0.2, -0.15) is 5.23 Å². The van der Waals surface area contributed by atoms with Crippen LogP contribution < -0.4 is 10.8 Å². The number of nitrogens with zero attached hydrogens (tertiary/aromatic N) is 6. The average molecular weight is 437 g/mol. The van der Waals surface area contributed by atoms with E-state index in [2.05, 4.69) is 15.5 Å². The summed E-state index contributed by atoms with van der Waals surface area (Å²) in [5, 5.41) is 30.8. The monoisotopic (exact) mass is 437 g/mol. The van der Waals surface area contributed by atoms with Crippen molar-refractivity contribution < 1.29 is 15.2 Å². The van der Waals surface area contributed by atoms with Crippen LogP contribution in [0.4, 0.5) is 5.69 Å². The molecule has 11 nitrogen and oxygen atoms in total. The minimum atomic E-state index is -1.22. The Morgan fingerprint density at radius 2 is 2.00 bits per heavy atom. The third kappa shape index (κ3) is 3.70. The van der Waals surface area contributed by atoms with Gasteiger partial charge in [0.05, 0.1) is 0 Å². The van der Waals surface area contributed by atoms with Crippen LogP contribution in [0.2, 0.25) is 0 Å². The summed E-state index contributed by atoms with van der Waals surface area (Å²) in [4.78, 5) is 28.1. The van der Waals surface area contributed by atoms with Crippen molar-refractivity contribution >= 4 is 11.6 Å². The number of hydrogen-bond donors (Lipinski definition) is 2. The zero-order valence-corrected chi connectivity index (χ0v) is 17.2. The van der Waals surface area contributed by atoms with Crippen molar-refractivity contribution in [2.24, 2.45) is 5.92 Å². The van der Waals surface area contributed by atoms with E-state index in [4.69, 9.17) is 0 Å². The highest BCUT2D eigenvalue weighted by Crippen LogP contribution is 2.36. The van der Waals surface area contributed by atoms with Crippen molar-refractivity contribution in [1.82, 2.24) is 29.7 Å². The van der Waals surface area contributed by atoms with Gasteiger partial charge in [-0.25, -0.2) is 9.89 Å². The highest BCUT2D eigenvalue weighted by atomic mass is 16.8. The van der Waals surface area contributed by atoms with Crippen molar-refractivity contribution in [2.45, 2.75) is 31.3 Å².